The lowest BCUT2D eigenvalue weighted by atomic mass is 10.2. The summed E-state index contributed by atoms with van der Waals surface area (Å²) >= 11 is 3.05. The molecule has 166 valence electrons. The van der Waals surface area contributed by atoms with Crippen LogP contribution < -0.4 is 10.1 Å². The lowest BCUT2D eigenvalue weighted by Gasteiger charge is -2.13. The zero-order valence-electron chi connectivity index (χ0n) is 17.8. The molecule has 1 aromatic heterocycles. The third-order valence-corrected chi connectivity index (χ3v) is 6.69. The van der Waals surface area contributed by atoms with Crippen molar-refractivity contribution in [2.75, 3.05) is 13.2 Å². The summed E-state index contributed by atoms with van der Waals surface area (Å²) in [7, 11) is 0. The average molecular weight is 460 g/mol. The van der Waals surface area contributed by atoms with E-state index in [9.17, 15) is 14.7 Å². The van der Waals surface area contributed by atoms with Crippen LogP contribution in [0.25, 0.3) is 0 Å². The van der Waals surface area contributed by atoms with Gasteiger partial charge in [0.05, 0.1) is 0 Å². The zero-order chi connectivity index (χ0) is 22.3. The van der Waals surface area contributed by atoms with Crippen molar-refractivity contribution in [2.24, 2.45) is 0 Å². The van der Waals surface area contributed by atoms with Crippen molar-refractivity contribution in [3.63, 3.8) is 0 Å². The summed E-state index contributed by atoms with van der Waals surface area (Å²) in [6.45, 7) is 2.68. The number of thioether (sulfide) groups is 1. The van der Waals surface area contributed by atoms with Gasteiger partial charge in [-0.15, -0.1) is 29.0 Å². The Morgan fingerprint density at radius 3 is 2.68 bits per heavy atom. The maximum Gasteiger partial charge on any atom is 0.316 e. The van der Waals surface area contributed by atoms with E-state index in [-0.39, 0.29) is 5.91 Å². The fourth-order valence-corrected chi connectivity index (χ4v) is 4.61. The van der Waals surface area contributed by atoms with Crippen LogP contribution in [0.15, 0.2) is 46.7 Å². The molecule has 0 saturated carbocycles. The van der Waals surface area contributed by atoms with E-state index in [2.05, 4.69) is 23.2 Å². The maximum absolute atomic E-state index is 11.9. The van der Waals surface area contributed by atoms with Crippen molar-refractivity contribution in [3.05, 3.63) is 46.7 Å². The Morgan fingerprint density at radius 1 is 1.19 bits per heavy atom. The van der Waals surface area contributed by atoms with Gasteiger partial charge in [0.15, 0.2) is 0 Å². The van der Waals surface area contributed by atoms with E-state index in [0.717, 1.165) is 30.6 Å². The minimum atomic E-state index is -0.818. The van der Waals surface area contributed by atoms with Gasteiger partial charge in [0.1, 0.15) is 17.6 Å². The van der Waals surface area contributed by atoms with Crippen LogP contribution in [0.3, 0.4) is 0 Å². The summed E-state index contributed by atoms with van der Waals surface area (Å²) in [5.74, 6) is 5.56. The molecule has 2 N–H and O–H groups in total. The quantitative estimate of drug-likeness (QED) is 0.236. The van der Waals surface area contributed by atoms with Crippen LogP contribution in [0.4, 0.5) is 0 Å². The first-order valence-electron chi connectivity index (χ1n) is 10.4. The third kappa shape index (κ3) is 10.4. The zero-order valence-corrected chi connectivity index (χ0v) is 19.4. The molecule has 1 unspecified atom stereocenters. The number of carboxylic acids is 1. The van der Waals surface area contributed by atoms with Crippen LogP contribution >= 0.6 is 23.1 Å². The number of rotatable bonds is 14. The topological polar surface area (TPSA) is 75.6 Å². The Hall–Kier alpha value is -2.43. The van der Waals surface area contributed by atoms with Gasteiger partial charge in [-0.05, 0) is 74.7 Å². The van der Waals surface area contributed by atoms with Gasteiger partial charge in [0.25, 0.3) is 0 Å². The van der Waals surface area contributed by atoms with Gasteiger partial charge in [-0.25, -0.2) is 0 Å². The Bertz CT molecular complexity index is 854. The summed E-state index contributed by atoms with van der Waals surface area (Å²) in [5, 5.41) is 14.0. The molecule has 0 aliphatic heterocycles. The molecule has 0 aliphatic rings. The molecule has 31 heavy (non-hydrogen) atoms. The second kappa shape index (κ2) is 14.6. The molecule has 0 bridgehead atoms. The fourth-order valence-electron chi connectivity index (χ4n) is 2.85. The number of ether oxygens (including phenoxy) is 1. The van der Waals surface area contributed by atoms with Crippen molar-refractivity contribution in [1.29, 1.82) is 0 Å². The summed E-state index contributed by atoms with van der Waals surface area (Å²) in [6, 6.07) is 11.5. The minimum Gasteiger partial charge on any atom is -0.481 e. The summed E-state index contributed by atoms with van der Waals surface area (Å²) < 4.78 is 5.47. The molecule has 2 rings (SSSR count). The van der Waals surface area contributed by atoms with Crippen molar-refractivity contribution < 1.29 is 19.4 Å². The Morgan fingerprint density at radius 2 is 2.00 bits per heavy atom. The fraction of sp³-hybridized carbons (Fsp3) is 0.417. The monoisotopic (exact) mass is 459 g/mol. The number of aryl methyl sites for hydroxylation is 1. The smallest absolute Gasteiger partial charge is 0.316 e. The maximum atomic E-state index is 11.9. The van der Waals surface area contributed by atoms with Crippen LogP contribution in [0.2, 0.25) is 0 Å². The number of nitrogens with one attached hydrogen (secondary N) is 1. The molecular formula is C24H29NO4S2. The van der Waals surface area contributed by atoms with E-state index in [0.29, 0.717) is 31.7 Å². The van der Waals surface area contributed by atoms with Crippen LogP contribution in [0.1, 0.15) is 43.9 Å². The molecule has 0 spiro atoms. The highest BCUT2D eigenvalue weighted by Crippen LogP contribution is 2.28. The summed E-state index contributed by atoms with van der Waals surface area (Å²) in [6.07, 6.45) is 4.37. The summed E-state index contributed by atoms with van der Waals surface area (Å²) in [5.41, 5.74) is 0. The van der Waals surface area contributed by atoms with E-state index in [1.165, 1.54) is 16.6 Å². The number of hydrogen-bond donors (Lipinski definition) is 2. The highest BCUT2D eigenvalue weighted by atomic mass is 32.2. The number of hydrogen-bond acceptors (Lipinski definition) is 5. The molecule has 5 nitrogen and oxygen atoms in total. The average Bonchev–Trinajstić information content (AvgIpc) is 3.27. The molecule has 1 amide bonds. The highest BCUT2D eigenvalue weighted by molar-refractivity contribution is 8.00. The SMILES string of the molecule is CC#CCOc1ccc(SC(CCCCNC(=O)CCCc2cccs2)C(=O)O)cc1. The molecule has 2 aromatic rings. The Kier molecular flexibility index (Phi) is 11.7. The molecule has 1 atom stereocenters. The van der Waals surface area contributed by atoms with Gasteiger partial charge >= 0.3 is 5.97 Å². The lowest BCUT2D eigenvalue weighted by Crippen LogP contribution is -2.24. The van der Waals surface area contributed by atoms with E-state index in [1.54, 1.807) is 18.3 Å². The Labute approximate surface area is 192 Å². The number of carbonyl (C=O) groups is 2. The van der Waals surface area contributed by atoms with Crippen molar-refractivity contribution in [3.8, 4) is 17.6 Å². The van der Waals surface area contributed by atoms with Crippen LogP contribution in [0.5, 0.6) is 5.75 Å². The number of carboxylic acid groups (broad SMARTS) is 1. The predicted octanol–water partition coefficient (Wildman–Crippen LogP) is 5.00. The predicted molar refractivity (Wildman–Crippen MR) is 127 cm³/mol. The molecule has 1 aromatic carbocycles. The molecule has 0 fully saturated rings. The number of carbonyl (C=O) groups excluding carboxylic acids is 1. The van der Waals surface area contributed by atoms with Gasteiger partial charge in [-0.2, -0.15) is 0 Å². The standard InChI is InChI=1S/C24H29NO4S2/c1-2-3-17-29-19-12-14-21(15-13-19)31-22(24(27)28)10-4-5-16-25-23(26)11-6-8-20-9-7-18-30-20/h7,9,12-15,18,22H,4-6,8,10-11,16-17H2,1H3,(H,25,26)(H,27,28). The Balaban J connectivity index is 1.62. The first kappa shape index (κ1) is 24.8. The third-order valence-electron chi connectivity index (χ3n) is 4.49. The van der Waals surface area contributed by atoms with E-state index in [4.69, 9.17) is 4.74 Å². The first-order chi connectivity index (χ1) is 15.1. The molecule has 0 saturated heterocycles. The number of unbranched alkanes of at least 4 members (excludes halogenated alkanes) is 1. The molecular weight excluding hydrogens is 430 g/mol. The number of benzene rings is 1. The normalized spacial score (nSPS) is 11.3. The number of aliphatic carboxylic acids is 1. The van der Waals surface area contributed by atoms with E-state index < -0.39 is 11.2 Å². The van der Waals surface area contributed by atoms with Crippen molar-refractivity contribution >= 4 is 35.0 Å². The van der Waals surface area contributed by atoms with Gasteiger partial charge in [-0.1, -0.05) is 12.0 Å². The molecule has 1 heterocycles. The molecule has 0 aliphatic carbocycles. The van der Waals surface area contributed by atoms with E-state index >= 15 is 0 Å². The van der Waals surface area contributed by atoms with Crippen LogP contribution in [0, 0.1) is 11.8 Å². The van der Waals surface area contributed by atoms with Crippen molar-refractivity contribution in [1.82, 2.24) is 5.32 Å². The minimum absolute atomic E-state index is 0.0629. The molecule has 0 radical (unpaired) electrons. The second-order valence-corrected chi connectivity index (χ2v) is 9.22. The highest BCUT2D eigenvalue weighted by Gasteiger charge is 2.18. The number of thiophene rings is 1. The van der Waals surface area contributed by atoms with Gasteiger partial charge in [-0.3, -0.25) is 9.59 Å². The van der Waals surface area contributed by atoms with Gasteiger partial charge in [0, 0.05) is 22.7 Å². The van der Waals surface area contributed by atoms with Crippen LogP contribution in [-0.2, 0) is 16.0 Å². The second-order valence-electron chi connectivity index (χ2n) is 6.91. The molecule has 7 heteroatoms. The summed E-state index contributed by atoms with van der Waals surface area (Å²) in [4.78, 5) is 25.7. The van der Waals surface area contributed by atoms with Gasteiger partial charge in [0.2, 0.25) is 5.91 Å². The van der Waals surface area contributed by atoms with Crippen LogP contribution in [-0.4, -0.2) is 35.4 Å². The lowest BCUT2D eigenvalue weighted by molar-refractivity contribution is -0.136. The number of amides is 1. The van der Waals surface area contributed by atoms with Gasteiger partial charge < -0.3 is 15.2 Å². The van der Waals surface area contributed by atoms with E-state index in [1.807, 2.05) is 35.7 Å². The van der Waals surface area contributed by atoms with Crippen molar-refractivity contribution in [2.45, 2.75) is 55.6 Å². The largest absolute Gasteiger partial charge is 0.481 e. The first-order valence-corrected chi connectivity index (χ1v) is 12.2.